The van der Waals surface area contributed by atoms with E-state index < -0.39 is 0 Å². The molecule has 1 aromatic carbocycles. The Morgan fingerprint density at radius 3 is 1.96 bits per heavy atom. The van der Waals surface area contributed by atoms with Crippen LogP contribution in [0.25, 0.3) is 0 Å². The summed E-state index contributed by atoms with van der Waals surface area (Å²) in [4.78, 5) is 35.9. The van der Waals surface area contributed by atoms with Gasteiger partial charge in [-0.25, -0.2) is 0 Å². The van der Waals surface area contributed by atoms with Crippen molar-refractivity contribution in [3.05, 3.63) is 24.3 Å². The molecule has 25 heavy (non-hydrogen) atoms. The monoisotopic (exact) mass is 349 g/mol. The number of rotatable bonds is 9. The second-order valence-corrected chi connectivity index (χ2v) is 6.46. The Kier molecular flexibility index (Phi) is 8.63. The molecule has 138 valence electrons. The molecule has 0 aliphatic rings. The van der Waals surface area contributed by atoms with Gasteiger partial charge in [-0.1, -0.05) is 13.8 Å². The Labute approximate surface area is 149 Å². The number of nitrogens with one attached hydrogen (secondary N) is 4. The van der Waals surface area contributed by atoms with Crippen LogP contribution in [-0.4, -0.2) is 43.9 Å². The predicted octanol–water partition coefficient (Wildman–Crippen LogP) is 0.261. The van der Waals surface area contributed by atoms with Crippen molar-refractivity contribution in [2.24, 2.45) is 5.92 Å². The van der Waals surface area contributed by atoms with Crippen LogP contribution < -0.4 is 20.9 Å². The molecule has 0 aromatic heterocycles. The van der Waals surface area contributed by atoms with Crippen molar-refractivity contribution in [1.29, 1.82) is 0 Å². The van der Waals surface area contributed by atoms with E-state index in [1.807, 2.05) is 20.8 Å². The summed E-state index contributed by atoms with van der Waals surface area (Å²) in [5.41, 5.74) is 1.33. The summed E-state index contributed by atoms with van der Waals surface area (Å²) in [6, 6.07) is 6.90. The van der Waals surface area contributed by atoms with Crippen molar-refractivity contribution in [3.8, 4) is 0 Å². The molecule has 0 fully saturated rings. The zero-order valence-electron chi connectivity index (χ0n) is 15.4. The largest absolute Gasteiger partial charge is 0.351 e. The highest BCUT2D eigenvalue weighted by atomic mass is 16.2. The highest BCUT2D eigenvalue weighted by molar-refractivity contribution is 5.92. The second-order valence-electron chi connectivity index (χ2n) is 6.46. The fourth-order valence-electron chi connectivity index (χ4n) is 2.19. The maximum atomic E-state index is 12.2. The Bertz CT molecular complexity index is 584. The molecule has 1 aromatic rings. The van der Waals surface area contributed by atoms with Crippen LogP contribution in [0, 0.1) is 5.92 Å². The van der Waals surface area contributed by atoms with Gasteiger partial charge in [-0.05, 0) is 37.1 Å². The second kappa shape index (κ2) is 10.5. The highest BCUT2D eigenvalue weighted by Crippen LogP contribution is 2.13. The van der Waals surface area contributed by atoms with Crippen molar-refractivity contribution in [2.75, 3.05) is 36.8 Å². The minimum atomic E-state index is -0.152. The molecule has 0 aliphatic carbocycles. The van der Waals surface area contributed by atoms with Crippen molar-refractivity contribution in [3.63, 3.8) is 0 Å². The average Bonchev–Trinajstić information content (AvgIpc) is 2.53. The third kappa shape index (κ3) is 8.85. The number of anilines is 2. The maximum Gasteiger partial charge on any atom is 0.279 e. The number of likely N-dealkylation sites (N-methyl/N-ethyl adjacent to an activating group) is 1. The minimum Gasteiger partial charge on any atom is -0.351 e. The van der Waals surface area contributed by atoms with E-state index in [9.17, 15) is 14.4 Å². The lowest BCUT2D eigenvalue weighted by atomic mass is 10.2. The van der Waals surface area contributed by atoms with E-state index in [1.165, 1.54) is 6.92 Å². The Balaban J connectivity index is 2.47. The van der Waals surface area contributed by atoms with E-state index in [0.717, 1.165) is 4.90 Å². The summed E-state index contributed by atoms with van der Waals surface area (Å²) in [5, 5.41) is 8.34. The van der Waals surface area contributed by atoms with Gasteiger partial charge < -0.3 is 20.9 Å². The fourth-order valence-corrected chi connectivity index (χ4v) is 2.19. The lowest BCUT2D eigenvalue weighted by Crippen LogP contribution is -3.14. The zero-order chi connectivity index (χ0) is 18.8. The molecule has 0 bridgehead atoms. The number of hydrogen-bond acceptors (Lipinski definition) is 3. The normalized spacial score (nSPS) is 11.7. The smallest absolute Gasteiger partial charge is 0.279 e. The topological polar surface area (TPSA) is 91.7 Å². The van der Waals surface area contributed by atoms with Crippen molar-refractivity contribution >= 4 is 29.1 Å². The molecule has 7 heteroatoms. The fraction of sp³-hybridized carbons (Fsp3) is 0.500. The molecule has 4 N–H and O–H groups in total. The molecule has 0 radical (unpaired) electrons. The maximum absolute atomic E-state index is 12.2. The predicted molar refractivity (Wildman–Crippen MR) is 98.5 cm³/mol. The molecule has 1 unspecified atom stereocenters. The molecule has 0 saturated heterocycles. The summed E-state index contributed by atoms with van der Waals surface area (Å²) >= 11 is 0. The minimum absolute atomic E-state index is 0.0435. The molecule has 0 saturated carbocycles. The molecule has 1 atom stereocenters. The molecule has 7 nitrogen and oxygen atoms in total. The third-order valence-corrected chi connectivity index (χ3v) is 3.52. The van der Waals surface area contributed by atoms with Gasteiger partial charge in [0.15, 0.2) is 13.1 Å². The van der Waals surface area contributed by atoms with E-state index in [4.69, 9.17) is 0 Å². The first-order valence-corrected chi connectivity index (χ1v) is 8.58. The van der Waals surface area contributed by atoms with Crippen molar-refractivity contribution in [2.45, 2.75) is 27.7 Å². The first kappa shape index (κ1) is 20.6. The molecule has 0 spiro atoms. The number of carbonyl (C=O) groups excluding carboxylic acids is 3. The molecule has 0 heterocycles. The number of hydrogen-bond donors (Lipinski definition) is 4. The summed E-state index contributed by atoms with van der Waals surface area (Å²) < 4.78 is 0. The van der Waals surface area contributed by atoms with Crippen LogP contribution in [0.15, 0.2) is 24.3 Å². The summed E-state index contributed by atoms with van der Waals surface area (Å²) in [7, 11) is 0. The lowest BCUT2D eigenvalue weighted by Gasteiger charge is -2.17. The standard InChI is InChI=1S/C18H28N4O3/c1-5-22(11-17(24)19-10-13(2)3)12-18(25)21-16-8-6-15(7-9-16)20-14(4)23/h6-9,13H,5,10-12H2,1-4H3,(H,19,24)(H,20,23)(H,21,25)/p+1. The van der Waals surface area contributed by atoms with Gasteiger partial charge in [-0.2, -0.15) is 0 Å². The van der Waals surface area contributed by atoms with E-state index in [2.05, 4.69) is 16.0 Å². The van der Waals surface area contributed by atoms with E-state index in [1.54, 1.807) is 24.3 Å². The number of quaternary nitrogens is 1. The van der Waals surface area contributed by atoms with Crippen LogP contribution in [0.4, 0.5) is 11.4 Å². The first-order chi connectivity index (χ1) is 11.8. The van der Waals surface area contributed by atoms with Gasteiger partial charge in [0.05, 0.1) is 6.54 Å². The highest BCUT2D eigenvalue weighted by Gasteiger charge is 2.16. The average molecular weight is 349 g/mol. The van der Waals surface area contributed by atoms with Gasteiger partial charge in [0.2, 0.25) is 5.91 Å². The van der Waals surface area contributed by atoms with Crippen LogP contribution >= 0.6 is 0 Å². The first-order valence-electron chi connectivity index (χ1n) is 8.58. The summed E-state index contributed by atoms with van der Waals surface area (Å²) in [5.74, 6) is 0.0614. The Morgan fingerprint density at radius 1 is 0.960 bits per heavy atom. The van der Waals surface area contributed by atoms with Gasteiger partial charge in [0.25, 0.3) is 11.8 Å². The Morgan fingerprint density at radius 2 is 1.48 bits per heavy atom. The van der Waals surface area contributed by atoms with Gasteiger partial charge >= 0.3 is 0 Å². The van der Waals surface area contributed by atoms with Crippen LogP contribution in [0.2, 0.25) is 0 Å². The quantitative estimate of drug-likeness (QED) is 0.515. The molecular formula is C18H29N4O3+. The molecular weight excluding hydrogens is 320 g/mol. The van der Waals surface area contributed by atoms with E-state index in [-0.39, 0.29) is 30.8 Å². The van der Waals surface area contributed by atoms with Crippen molar-refractivity contribution in [1.82, 2.24) is 5.32 Å². The van der Waals surface area contributed by atoms with E-state index >= 15 is 0 Å². The zero-order valence-corrected chi connectivity index (χ0v) is 15.4. The SMILES string of the molecule is CC[NH+](CC(=O)NCC(C)C)CC(=O)Nc1ccc(NC(C)=O)cc1. The van der Waals surface area contributed by atoms with Crippen LogP contribution in [-0.2, 0) is 14.4 Å². The Hall–Kier alpha value is -2.41. The molecule has 3 amide bonds. The van der Waals surface area contributed by atoms with Gasteiger partial charge in [0, 0.05) is 24.8 Å². The molecule has 1 rings (SSSR count). The third-order valence-electron chi connectivity index (χ3n) is 3.52. The van der Waals surface area contributed by atoms with Crippen LogP contribution in [0.5, 0.6) is 0 Å². The van der Waals surface area contributed by atoms with Gasteiger partial charge in [-0.3, -0.25) is 14.4 Å². The summed E-state index contributed by atoms with van der Waals surface area (Å²) in [6.07, 6.45) is 0. The molecule has 0 aliphatic heterocycles. The summed E-state index contributed by atoms with van der Waals surface area (Å²) in [6.45, 7) is 9.28. The van der Waals surface area contributed by atoms with Gasteiger partial charge in [0.1, 0.15) is 0 Å². The van der Waals surface area contributed by atoms with E-state index in [0.29, 0.717) is 30.4 Å². The number of benzene rings is 1. The number of amides is 3. The van der Waals surface area contributed by atoms with Crippen molar-refractivity contribution < 1.29 is 19.3 Å². The lowest BCUT2D eigenvalue weighted by molar-refractivity contribution is -0.881. The number of carbonyl (C=O) groups is 3. The van der Waals surface area contributed by atoms with Crippen LogP contribution in [0.1, 0.15) is 27.7 Å². The van der Waals surface area contributed by atoms with Crippen LogP contribution in [0.3, 0.4) is 0 Å². The van der Waals surface area contributed by atoms with Gasteiger partial charge in [-0.15, -0.1) is 0 Å².